The van der Waals surface area contributed by atoms with E-state index >= 15 is 0 Å². The molecule has 0 bridgehead atoms. The standard InChI is InChI=1S/C15H29BrN2O4/c1-14(2,3)21-12(19)18(10-11(9-17)7-8-16)13(20)22-15(4,5)6/h11H,7-10,17H2,1-6H3. The van der Waals surface area contributed by atoms with Gasteiger partial charge in [0.1, 0.15) is 11.2 Å². The molecule has 2 N–H and O–H groups in total. The molecule has 0 aliphatic rings. The van der Waals surface area contributed by atoms with Crippen molar-refractivity contribution in [2.75, 3.05) is 18.4 Å². The summed E-state index contributed by atoms with van der Waals surface area (Å²) in [7, 11) is 0. The Morgan fingerprint density at radius 3 is 1.73 bits per heavy atom. The number of alkyl halides is 1. The highest BCUT2D eigenvalue weighted by atomic mass is 79.9. The summed E-state index contributed by atoms with van der Waals surface area (Å²) in [5, 5.41) is 0.741. The van der Waals surface area contributed by atoms with Gasteiger partial charge in [-0.25, -0.2) is 14.5 Å². The Hall–Kier alpha value is -0.820. The molecule has 2 amide bonds. The second kappa shape index (κ2) is 8.72. The van der Waals surface area contributed by atoms with E-state index in [1.54, 1.807) is 41.5 Å². The van der Waals surface area contributed by atoms with E-state index in [2.05, 4.69) is 15.9 Å². The Morgan fingerprint density at radius 2 is 1.45 bits per heavy atom. The van der Waals surface area contributed by atoms with Crippen molar-refractivity contribution in [3.63, 3.8) is 0 Å². The van der Waals surface area contributed by atoms with Gasteiger partial charge < -0.3 is 15.2 Å². The molecule has 0 heterocycles. The smallest absolute Gasteiger partial charge is 0.419 e. The van der Waals surface area contributed by atoms with Crippen LogP contribution in [0, 0.1) is 5.92 Å². The lowest BCUT2D eigenvalue weighted by Gasteiger charge is -2.30. The predicted octanol–water partition coefficient (Wildman–Crippen LogP) is 3.52. The van der Waals surface area contributed by atoms with E-state index in [-0.39, 0.29) is 12.5 Å². The van der Waals surface area contributed by atoms with Gasteiger partial charge in [-0.05, 0) is 60.4 Å². The Morgan fingerprint density at radius 1 is 1.05 bits per heavy atom. The molecular weight excluding hydrogens is 352 g/mol. The van der Waals surface area contributed by atoms with Gasteiger partial charge in [0.2, 0.25) is 0 Å². The Bertz CT molecular complexity index is 347. The second-order valence-corrected chi connectivity index (χ2v) is 7.94. The first-order valence-electron chi connectivity index (χ1n) is 7.39. The highest BCUT2D eigenvalue weighted by Gasteiger charge is 2.32. The van der Waals surface area contributed by atoms with Crippen LogP contribution in [0.3, 0.4) is 0 Å². The fourth-order valence-corrected chi connectivity index (χ4v) is 2.20. The van der Waals surface area contributed by atoms with Crippen LogP contribution in [0.2, 0.25) is 0 Å². The lowest BCUT2D eigenvalue weighted by atomic mass is 10.1. The lowest BCUT2D eigenvalue weighted by Crippen LogP contribution is -2.46. The van der Waals surface area contributed by atoms with Gasteiger partial charge in [-0.1, -0.05) is 15.9 Å². The molecule has 0 radical (unpaired) electrons. The summed E-state index contributed by atoms with van der Waals surface area (Å²) >= 11 is 3.35. The summed E-state index contributed by atoms with van der Waals surface area (Å²) in [6.45, 7) is 11.0. The number of nitrogens with two attached hydrogens (primary N) is 1. The minimum absolute atomic E-state index is 0.0144. The van der Waals surface area contributed by atoms with E-state index in [1.807, 2.05) is 0 Å². The molecule has 130 valence electrons. The first kappa shape index (κ1) is 21.2. The first-order chi connectivity index (χ1) is 9.89. The highest BCUT2D eigenvalue weighted by Crippen LogP contribution is 2.17. The minimum Gasteiger partial charge on any atom is -0.443 e. The van der Waals surface area contributed by atoms with E-state index in [9.17, 15) is 9.59 Å². The third-order valence-corrected chi connectivity index (χ3v) is 2.98. The number of nitrogens with zero attached hydrogens (tertiary/aromatic N) is 1. The van der Waals surface area contributed by atoms with Gasteiger partial charge in [0.15, 0.2) is 0 Å². The predicted molar refractivity (Wildman–Crippen MR) is 90.1 cm³/mol. The van der Waals surface area contributed by atoms with Crippen LogP contribution in [0.4, 0.5) is 9.59 Å². The number of amides is 2. The number of hydrogen-bond acceptors (Lipinski definition) is 5. The molecule has 0 aromatic rings. The fraction of sp³-hybridized carbons (Fsp3) is 0.867. The first-order valence-corrected chi connectivity index (χ1v) is 8.51. The molecule has 0 aliphatic heterocycles. The van der Waals surface area contributed by atoms with Crippen LogP contribution in [0.25, 0.3) is 0 Å². The van der Waals surface area contributed by atoms with Crippen molar-refractivity contribution in [1.29, 1.82) is 0 Å². The number of halogens is 1. The summed E-state index contributed by atoms with van der Waals surface area (Å²) in [4.78, 5) is 25.6. The summed E-state index contributed by atoms with van der Waals surface area (Å²) < 4.78 is 10.6. The van der Waals surface area contributed by atoms with Crippen LogP contribution in [0.5, 0.6) is 0 Å². The summed E-state index contributed by atoms with van der Waals surface area (Å²) in [6.07, 6.45) is -0.678. The van der Waals surface area contributed by atoms with Crippen molar-refractivity contribution in [2.45, 2.75) is 59.2 Å². The topological polar surface area (TPSA) is 81.9 Å². The van der Waals surface area contributed by atoms with E-state index in [0.29, 0.717) is 6.54 Å². The average molecular weight is 381 g/mol. The SMILES string of the molecule is CC(C)(C)OC(=O)N(CC(CN)CCBr)C(=O)OC(C)(C)C. The molecule has 0 aliphatic carbocycles. The van der Waals surface area contributed by atoms with Gasteiger partial charge in [0.05, 0.1) is 0 Å². The third kappa shape index (κ3) is 9.25. The van der Waals surface area contributed by atoms with Gasteiger partial charge in [0, 0.05) is 11.9 Å². The highest BCUT2D eigenvalue weighted by molar-refractivity contribution is 9.09. The molecule has 0 saturated carbocycles. The number of hydrogen-bond donors (Lipinski definition) is 1. The van der Waals surface area contributed by atoms with Crippen LogP contribution in [0.15, 0.2) is 0 Å². The van der Waals surface area contributed by atoms with Gasteiger partial charge in [0.25, 0.3) is 0 Å². The van der Waals surface area contributed by atoms with Crippen molar-refractivity contribution in [3.8, 4) is 0 Å². The van der Waals surface area contributed by atoms with Crippen molar-refractivity contribution in [1.82, 2.24) is 4.90 Å². The monoisotopic (exact) mass is 380 g/mol. The van der Waals surface area contributed by atoms with E-state index < -0.39 is 23.4 Å². The second-order valence-electron chi connectivity index (χ2n) is 7.15. The maximum absolute atomic E-state index is 12.3. The van der Waals surface area contributed by atoms with Gasteiger partial charge in [-0.15, -0.1) is 0 Å². The summed E-state index contributed by atoms with van der Waals surface area (Å²) in [5.74, 6) is -0.0144. The zero-order valence-corrected chi connectivity index (χ0v) is 16.0. The molecular formula is C15H29BrN2O4. The molecule has 1 unspecified atom stereocenters. The average Bonchev–Trinajstić information content (AvgIpc) is 2.29. The Labute approximate surface area is 141 Å². The molecule has 0 rings (SSSR count). The molecule has 0 fully saturated rings. The fourth-order valence-electron chi connectivity index (χ4n) is 1.55. The van der Waals surface area contributed by atoms with Crippen molar-refractivity contribution < 1.29 is 19.1 Å². The molecule has 0 aromatic carbocycles. The van der Waals surface area contributed by atoms with Crippen LogP contribution < -0.4 is 5.73 Å². The van der Waals surface area contributed by atoms with Crippen LogP contribution >= 0.6 is 15.9 Å². The van der Waals surface area contributed by atoms with Crippen molar-refractivity contribution >= 4 is 28.1 Å². The maximum atomic E-state index is 12.3. The van der Waals surface area contributed by atoms with Crippen LogP contribution in [-0.4, -0.2) is 46.7 Å². The molecule has 0 saturated heterocycles. The van der Waals surface area contributed by atoms with Gasteiger partial charge >= 0.3 is 12.2 Å². The largest absolute Gasteiger partial charge is 0.443 e. The number of ether oxygens (including phenoxy) is 2. The third-order valence-electron chi connectivity index (χ3n) is 2.52. The number of rotatable bonds is 5. The molecule has 1 atom stereocenters. The molecule has 7 heteroatoms. The van der Waals surface area contributed by atoms with Gasteiger partial charge in [-0.2, -0.15) is 0 Å². The number of carbonyl (C=O) groups is 2. The quantitative estimate of drug-likeness (QED) is 0.737. The Balaban J connectivity index is 5.12. The van der Waals surface area contributed by atoms with Gasteiger partial charge in [-0.3, -0.25) is 0 Å². The van der Waals surface area contributed by atoms with E-state index in [4.69, 9.17) is 15.2 Å². The summed E-state index contributed by atoms with van der Waals surface area (Å²) in [5.41, 5.74) is 4.33. The lowest BCUT2D eigenvalue weighted by molar-refractivity contribution is -0.00125. The molecule has 0 aromatic heterocycles. The maximum Gasteiger partial charge on any atom is 0.419 e. The molecule has 6 nitrogen and oxygen atoms in total. The normalized spacial score (nSPS) is 13.5. The number of imide groups is 1. The van der Waals surface area contributed by atoms with Crippen LogP contribution in [-0.2, 0) is 9.47 Å². The van der Waals surface area contributed by atoms with Crippen molar-refractivity contribution in [3.05, 3.63) is 0 Å². The number of carbonyl (C=O) groups excluding carboxylic acids is 2. The zero-order chi connectivity index (χ0) is 17.6. The molecule has 0 spiro atoms. The minimum atomic E-state index is -0.713. The molecule has 22 heavy (non-hydrogen) atoms. The zero-order valence-electron chi connectivity index (χ0n) is 14.4. The Kier molecular flexibility index (Phi) is 8.39. The van der Waals surface area contributed by atoms with E-state index in [0.717, 1.165) is 16.7 Å². The van der Waals surface area contributed by atoms with Crippen LogP contribution in [0.1, 0.15) is 48.0 Å². The van der Waals surface area contributed by atoms with E-state index in [1.165, 1.54) is 0 Å². The van der Waals surface area contributed by atoms with Crippen molar-refractivity contribution in [2.24, 2.45) is 11.7 Å². The summed E-state index contributed by atoms with van der Waals surface area (Å²) in [6, 6.07) is 0.